The molecule has 0 bridgehead atoms. The third kappa shape index (κ3) is 5.23. The Hall–Kier alpha value is -3.22. The Morgan fingerprint density at radius 3 is 2.63 bits per heavy atom. The summed E-state index contributed by atoms with van der Waals surface area (Å²) >= 11 is 0. The lowest BCUT2D eigenvalue weighted by molar-refractivity contribution is 0.250. The quantitative estimate of drug-likeness (QED) is 0.531. The summed E-state index contributed by atoms with van der Waals surface area (Å²) in [5.74, 6) is 0.254. The number of halogens is 1. The van der Waals surface area contributed by atoms with Crippen LogP contribution in [-0.2, 0) is 0 Å². The number of fused-ring (bicyclic) bond motifs is 1. The number of hydrogen-bond donors (Lipinski definition) is 3. The molecule has 0 spiro atoms. The molecular formula is C23H28FN5O. The van der Waals surface area contributed by atoms with Crippen molar-refractivity contribution in [3.05, 3.63) is 48.0 Å². The average molecular weight is 410 g/mol. The minimum absolute atomic E-state index is 0.113. The summed E-state index contributed by atoms with van der Waals surface area (Å²) < 4.78 is 14.3. The molecule has 3 N–H and O–H groups in total. The lowest BCUT2D eigenvalue weighted by atomic mass is 9.92. The zero-order valence-electron chi connectivity index (χ0n) is 18.1. The van der Waals surface area contributed by atoms with E-state index < -0.39 is 11.8 Å². The van der Waals surface area contributed by atoms with Crippen molar-refractivity contribution in [1.29, 1.82) is 0 Å². The van der Waals surface area contributed by atoms with Gasteiger partial charge in [-0.05, 0) is 42.5 Å². The highest BCUT2D eigenvalue weighted by Gasteiger charge is 2.13. The van der Waals surface area contributed by atoms with Crippen molar-refractivity contribution in [2.45, 2.75) is 34.1 Å². The van der Waals surface area contributed by atoms with Gasteiger partial charge < -0.3 is 16.0 Å². The van der Waals surface area contributed by atoms with E-state index in [2.05, 4.69) is 46.7 Å². The van der Waals surface area contributed by atoms with Gasteiger partial charge in [-0.25, -0.2) is 14.2 Å². The molecule has 0 atom stereocenters. The number of anilines is 2. The molecule has 6 nitrogen and oxygen atoms in total. The van der Waals surface area contributed by atoms with Crippen LogP contribution in [0.4, 0.5) is 20.7 Å². The minimum Gasteiger partial charge on any atom is -0.373 e. The van der Waals surface area contributed by atoms with Crippen molar-refractivity contribution in [2.75, 3.05) is 24.2 Å². The van der Waals surface area contributed by atoms with E-state index in [0.29, 0.717) is 6.54 Å². The number of aryl methyl sites for hydroxylation is 1. The average Bonchev–Trinajstić information content (AvgIpc) is 2.67. The number of benzene rings is 1. The van der Waals surface area contributed by atoms with Crippen molar-refractivity contribution >= 4 is 28.4 Å². The number of aromatic nitrogens is 2. The van der Waals surface area contributed by atoms with Crippen LogP contribution in [0.2, 0.25) is 0 Å². The summed E-state index contributed by atoms with van der Waals surface area (Å²) in [6.07, 6.45) is 2.58. The van der Waals surface area contributed by atoms with Gasteiger partial charge in [-0.2, -0.15) is 0 Å². The fraction of sp³-hybridized carbons (Fsp3) is 0.348. The zero-order chi connectivity index (χ0) is 21.9. The molecule has 2 aromatic heterocycles. The van der Waals surface area contributed by atoms with E-state index in [9.17, 15) is 9.18 Å². The molecule has 0 radical (unpaired) electrons. The fourth-order valence-electron chi connectivity index (χ4n) is 3.10. The fourth-order valence-corrected chi connectivity index (χ4v) is 3.10. The first-order valence-electron chi connectivity index (χ1n) is 9.96. The first-order chi connectivity index (χ1) is 14.2. The van der Waals surface area contributed by atoms with Crippen LogP contribution in [0.1, 0.15) is 32.9 Å². The Balaban J connectivity index is 1.84. The van der Waals surface area contributed by atoms with Crippen molar-refractivity contribution in [3.63, 3.8) is 0 Å². The molecule has 2 amide bonds. The molecule has 0 fully saturated rings. The highest BCUT2D eigenvalue weighted by molar-refractivity contribution is 5.91. The van der Waals surface area contributed by atoms with Gasteiger partial charge in [0.25, 0.3) is 0 Å². The van der Waals surface area contributed by atoms with Crippen molar-refractivity contribution < 1.29 is 9.18 Å². The van der Waals surface area contributed by atoms with Gasteiger partial charge in [-0.1, -0.05) is 26.8 Å². The van der Waals surface area contributed by atoms with Gasteiger partial charge in [0.1, 0.15) is 11.6 Å². The van der Waals surface area contributed by atoms with Gasteiger partial charge in [0, 0.05) is 42.5 Å². The van der Waals surface area contributed by atoms with E-state index in [4.69, 9.17) is 0 Å². The number of pyridine rings is 2. The first-order valence-corrected chi connectivity index (χ1v) is 9.96. The van der Waals surface area contributed by atoms with Crippen LogP contribution in [0.25, 0.3) is 22.0 Å². The molecule has 2 heterocycles. The molecule has 0 aliphatic heterocycles. The van der Waals surface area contributed by atoms with Crippen LogP contribution in [0.3, 0.4) is 0 Å². The summed E-state index contributed by atoms with van der Waals surface area (Å²) in [6.45, 7) is 8.73. The van der Waals surface area contributed by atoms with Gasteiger partial charge in [0.15, 0.2) is 0 Å². The lowest BCUT2D eigenvalue weighted by Crippen LogP contribution is -2.31. The normalized spacial score (nSPS) is 11.4. The van der Waals surface area contributed by atoms with E-state index in [0.717, 1.165) is 40.0 Å². The molecule has 3 rings (SSSR count). The maximum absolute atomic E-state index is 14.3. The summed E-state index contributed by atoms with van der Waals surface area (Å²) in [6, 6.07) is 8.10. The molecule has 0 saturated heterocycles. The topological polar surface area (TPSA) is 78.9 Å². The molecule has 0 aliphatic rings. The number of hydrogen-bond acceptors (Lipinski definition) is 4. The predicted octanol–water partition coefficient (Wildman–Crippen LogP) is 5.34. The molecule has 30 heavy (non-hydrogen) atoms. The van der Waals surface area contributed by atoms with Gasteiger partial charge in [0.05, 0.1) is 11.2 Å². The van der Waals surface area contributed by atoms with E-state index in [1.165, 1.54) is 6.07 Å². The van der Waals surface area contributed by atoms with Gasteiger partial charge in [-0.3, -0.25) is 4.98 Å². The molecule has 0 aliphatic carbocycles. The molecular weight excluding hydrogens is 381 g/mol. The van der Waals surface area contributed by atoms with E-state index in [1.807, 2.05) is 26.1 Å². The largest absolute Gasteiger partial charge is 0.373 e. The van der Waals surface area contributed by atoms with Crippen LogP contribution >= 0.6 is 0 Å². The molecule has 1 aromatic carbocycles. The monoisotopic (exact) mass is 409 g/mol. The summed E-state index contributed by atoms with van der Waals surface area (Å²) in [5, 5.41) is 9.27. The number of carbonyl (C=O) groups excluding carboxylic acids is 1. The number of carbonyl (C=O) groups is 1. The molecule has 0 saturated carbocycles. The highest BCUT2D eigenvalue weighted by atomic mass is 19.1. The minimum atomic E-state index is -0.489. The maximum Gasteiger partial charge on any atom is 0.319 e. The third-order valence-corrected chi connectivity index (χ3v) is 4.83. The van der Waals surface area contributed by atoms with Gasteiger partial charge in [0.2, 0.25) is 0 Å². The zero-order valence-corrected chi connectivity index (χ0v) is 18.1. The van der Waals surface area contributed by atoms with Crippen molar-refractivity contribution in [1.82, 2.24) is 15.3 Å². The Morgan fingerprint density at radius 1 is 1.17 bits per heavy atom. The van der Waals surface area contributed by atoms with Crippen LogP contribution in [0, 0.1) is 18.2 Å². The third-order valence-electron chi connectivity index (χ3n) is 4.83. The Morgan fingerprint density at radius 2 is 1.93 bits per heavy atom. The van der Waals surface area contributed by atoms with Crippen molar-refractivity contribution in [3.8, 4) is 11.1 Å². The molecule has 7 heteroatoms. The van der Waals surface area contributed by atoms with Crippen LogP contribution in [-0.4, -0.2) is 29.6 Å². The highest BCUT2D eigenvalue weighted by Crippen LogP contribution is 2.30. The first kappa shape index (κ1) is 21.5. The summed E-state index contributed by atoms with van der Waals surface area (Å²) in [4.78, 5) is 21.2. The smallest absolute Gasteiger partial charge is 0.319 e. The lowest BCUT2D eigenvalue weighted by Gasteiger charge is -2.18. The van der Waals surface area contributed by atoms with Crippen LogP contribution < -0.4 is 16.0 Å². The van der Waals surface area contributed by atoms with Crippen LogP contribution in [0.5, 0.6) is 0 Å². The number of amides is 2. The van der Waals surface area contributed by atoms with E-state index >= 15 is 0 Å². The van der Waals surface area contributed by atoms with Crippen molar-refractivity contribution in [2.24, 2.45) is 5.41 Å². The molecule has 3 aromatic rings. The second kappa shape index (κ2) is 8.65. The standard InChI is InChI=1S/C23H28FN5O/c1-14-17(10-16-13-27-21(25-5)12-19(16)28-14)15-6-7-18(24)20(11-15)29-22(30)26-9-8-23(2,3)4/h6-7,10-13H,8-9H2,1-5H3,(H,25,27)(H2,26,29,30). The van der Waals surface area contributed by atoms with E-state index in [-0.39, 0.29) is 11.1 Å². The Labute approximate surface area is 176 Å². The molecule has 158 valence electrons. The van der Waals surface area contributed by atoms with Crippen LogP contribution in [0.15, 0.2) is 36.5 Å². The Bertz CT molecular complexity index is 1080. The van der Waals surface area contributed by atoms with E-state index in [1.54, 1.807) is 18.3 Å². The second-order valence-electron chi connectivity index (χ2n) is 8.52. The number of rotatable bonds is 5. The maximum atomic E-state index is 14.3. The second-order valence-corrected chi connectivity index (χ2v) is 8.52. The number of nitrogens with zero attached hydrogens (tertiary/aromatic N) is 2. The molecule has 0 unspecified atom stereocenters. The Kier molecular flexibility index (Phi) is 6.20. The van der Waals surface area contributed by atoms with Gasteiger partial charge in [-0.15, -0.1) is 0 Å². The SMILES string of the molecule is CNc1cc2nc(C)c(-c3ccc(F)c(NC(=O)NCCC(C)(C)C)c3)cc2cn1. The number of nitrogens with one attached hydrogen (secondary N) is 3. The summed E-state index contributed by atoms with van der Waals surface area (Å²) in [7, 11) is 1.81. The predicted molar refractivity (Wildman–Crippen MR) is 120 cm³/mol. The van der Waals surface area contributed by atoms with Gasteiger partial charge >= 0.3 is 6.03 Å². The summed E-state index contributed by atoms with van der Waals surface area (Å²) in [5.41, 5.74) is 3.51. The number of urea groups is 1.